The fourth-order valence-corrected chi connectivity index (χ4v) is 0.491. The standard InChI is InChI=1S/C4H7O4/c5-2-1-8-4(7)3(2)6/h1-7H. The fourth-order valence-electron chi connectivity index (χ4n) is 0.491. The van der Waals surface area contributed by atoms with Crippen LogP contribution in [0, 0.1) is 6.61 Å². The normalized spacial score (nSPS) is 47.6. The van der Waals surface area contributed by atoms with Crippen LogP contribution in [-0.4, -0.2) is 33.8 Å². The molecular formula is C4H7O4. The minimum Gasteiger partial charge on any atom is -0.387 e. The SMILES string of the molecule is OC1[CH]OC(O)C1O. The van der Waals surface area contributed by atoms with E-state index < -0.39 is 18.5 Å². The molecule has 0 aromatic heterocycles. The summed E-state index contributed by atoms with van der Waals surface area (Å²) in [5.74, 6) is 0. The van der Waals surface area contributed by atoms with Crippen LogP contribution in [-0.2, 0) is 4.74 Å². The van der Waals surface area contributed by atoms with Gasteiger partial charge in [-0.1, -0.05) is 0 Å². The molecule has 1 aliphatic rings. The zero-order valence-electron chi connectivity index (χ0n) is 4.06. The summed E-state index contributed by atoms with van der Waals surface area (Å²) in [6.07, 6.45) is -3.50. The quantitative estimate of drug-likeness (QED) is 0.352. The van der Waals surface area contributed by atoms with Gasteiger partial charge in [-0.2, -0.15) is 0 Å². The van der Waals surface area contributed by atoms with Gasteiger partial charge >= 0.3 is 0 Å². The van der Waals surface area contributed by atoms with Crippen molar-refractivity contribution in [2.75, 3.05) is 0 Å². The third-order valence-corrected chi connectivity index (χ3v) is 0.999. The van der Waals surface area contributed by atoms with E-state index >= 15 is 0 Å². The van der Waals surface area contributed by atoms with Crippen molar-refractivity contribution in [1.29, 1.82) is 0 Å². The number of hydrogen-bond acceptors (Lipinski definition) is 4. The predicted molar refractivity (Wildman–Crippen MR) is 23.4 cm³/mol. The van der Waals surface area contributed by atoms with Crippen LogP contribution in [0.1, 0.15) is 0 Å². The number of aliphatic hydroxyl groups is 3. The lowest BCUT2D eigenvalue weighted by atomic mass is 10.2. The van der Waals surface area contributed by atoms with Crippen molar-refractivity contribution >= 4 is 0 Å². The van der Waals surface area contributed by atoms with Crippen molar-refractivity contribution in [3.8, 4) is 0 Å². The molecule has 1 aliphatic heterocycles. The van der Waals surface area contributed by atoms with Gasteiger partial charge in [0.15, 0.2) is 6.29 Å². The molecule has 3 N–H and O–H groups in total. The second-order valence-electron chi connectivity index (χ2n) is 1.64. The topological polar surface area (TPSA) is 69.9 Å². The first-order valence-corrected chi connectivity index (χ1v) is 2.25. The van der Waals surface area contributed by atoms with Gasteiger partial charge in [-0.25, -0.2) is 0 Å². The van der Waals surface area contributed by atoms with Gasteiger partial charge in [0.2, 0.25) is 0 Å². The molecular weight excluding hydrogens is 112 g/mol. The van der Waals surface area contributed by atoms with Crippen LogP contribution in [0.2, 0.25) is 0 Å². The van der Waals surface area contributed by atoms with E-state index in [1.807, 2.05) is 0 Å². The molecule has 0 bridgehead atoms. The van der Waals surface area contributed by atoms with E-state index in [4.69, 9.17) is 15.3 Å². The molecule has 4 nitrogen and oxygen atoms in total. The van der Waals surface area contributed by atoms with Gasteiger partial charge in [0.05, 0.1) is 0 Å². The average molecular weight is 119 g/mol. The molecule has 1 heterocycles. The first-order valence-electron chi connectivity index (χ1n) is 2.25. The van der Waals surface area contributed by atoms with Crippen molar-refractivity contribution in [1.82, 2.24) is 0 Å². The van der Waals surface area contributed by atoms with Gasteiger partial charge in [0.1, 0.15) is 18.8 Å². The Morgan fingerprint density at radius 3 is 2.00 bits per heavy atom. The zero-order valence-corrected chi connectivity index (χ0v) is 4.06. The van der Waals surface area contributed by atoms with E-state index in [1.165, 1.54) is 0 Å². The highest BCUT2D eigenvalue weighted by Gasteiger charge is 2.33. The van der Waals surface area contributed by atoms with E-state index in [9.17, 15) is 0 Å². The fraction of sp³-hybridized carbons (Fsp3) is 0.750. The van der Waals surface area contributed by atoms with E-state index in [0.717, 1.165) is 6.61 Å². The minimum atomic E-state index is -1.26. The van der Waals surface area contributed by atoms with E-state index in [0.29, 0.717) is 0 Å². The maximum Gasteiger partial charge on any atom is 0.184 e. The molecule has 1 fully saturated rings. The van der Waals surface area contributed by atoms with E-state index in [-0.39, 0.29) is 0 Å². The highest BCUT2D eigenvalue weighted by atomic mass is 16.6. The van der Waals surface area contributed by atoms with Gasteiger partial charge in [-0.05, 0) is 0 Å². The zero-order chi connectivity index (χ0) is 6.15. The number of ether oxygens (including phenoxy) is 1. The van der Waals surface area contributed by atoms with Crippen LogP contribution in [0.5, 0.6) is 0 Å². The van der Waals surface area contributed by atoms with Crippen LogP contribution in [0.4, 0.5) is 0 Å². The third-order valence-electron chi connectivity index (χ3n) is 0.999. The first kappa shape index (κ1) is 5.97. The van der Waals surface area contributed by atoms with Crippen LogP contribution in [0.15, 0.2) is 0 Å². The average Bonchev–Trinajstić information content (AvgIpc) is 1.98. The molecule has 1 rings (SSSR count). The highest BCUT2D eigenvalue weighted by molar-refractivity contribution is 4.84. The first-order chi connectivity index (χ1) is 3.72. The van der Waals surface area contributed by atoms with Crippen molar-refractivity contribution in [3.05, 3.63) is 6.61 Å². The molecule has 1 radical (unpaired) electrons. The lowest BCUT2D eigenvalue weighted by molar-refractivity contribution is -0.104. The maximum absolute atomic E-state index is 8.61. The van der Waals surface area contributed by atoms with Crippen LogP contribution in [0.3, 0.4) is 0 Å². The van der Waals surface area contributed by atoms with Crippen molar-refractivity contribution < 1.29 is 20.1 Å². The predicted octanol–water partition coefficient (Wildman–Crippen LogP) is -1.78. The summed E-state index contributed by atoms with van der Waals surface area (Å²) >= 11 is 0. The monoisotopic (exact) mass is 119 g/mol. The Labute approximate surface area is 46.3 Å². The summed E-state index contributed by atoms with van der Waals surface area (Å²) in [5, 5.41) is 25.7. The second kappa shape index (κ2) is 1.99. The molecule has 4 heteroatoms. The Kier molecular flexibility index (Phi) is 1.48. The second-order valence-corrected chi connectivity index (χ2v) is 1.64. The molecule has 0 spiro atoms. The summed E-state index contributed by atoms with van der Waals surface area (Å²) in [6, 6.07) is 0. The Morgan fingerprint density at radius 2 is 1.88 bits per heavy atom. The molecule has 0 aromatic carbocycles. The van der Waals surface area contributed by atoms with Crippen molar-refractivity contribution in [3.63, 3.8) is 0 Å². The molecule has 1 saturated heterocycles. The van der Waals surface area contributed by atoms with Gasteiger partial charge < -0.3 is 20.1 Å². The molecule has 3 atom stereocenters. The minimum absolute atomic E-state index is 0.995. The summed E-state index contributed by atoms with van der Waals surface area (Å²) < 4.78 is 4.31. The molecule has 0 amide bonds. The van der Waals surface area contributed by atoms with E-state index in [2.05, 4.69) is 4.74 Å². The van der Waals surface area contributed by atoms with E-state index in [1.54, 1.807) is 0 Å². The highest BCUT2D eigenvalue weighted by Crippen LogP contribution is 2.14. The lowest BCUT2D eigenvalue weighted by Gasteiger charge is -2.05. The molecule has 0 saturated carbocycles. The smallest absolute Gasteiger partial charge is 0.184 e. The number of aliphatic hydroxyl groups excluding tert-OH is 3. The molecule has 0 aliphatic carbocycles. The number of hydrogen-bond donors (Lipinski definition) is 3. The Morgan fingerprint density at radius 1 is 1.25 bits per heavy atom. The van der Waals surface area contributed by atoms with Crippen LogP contribution >= 0.6 is 0 Å². The van der Waals surface area contributed by atoms with Gasteiger partial charge in [0.25, 0.3) is 0 Å². The van der Waals surface area contributed by atoms with Crippen LogP contribution < -0.4 is 0 Å². The summed E-state index contributed by atoms with van der Waals surface area (Å²) in [6.45, 7) is 0.995. The molecule has 47 valence electrons. The van der Waals surface area contributed by atoms with Gasteiger partial charge in [-0.15, -0.1) is 0 Å². The molecule has 0 aromatic rings. The van der Waals surface area contributed by atoms with Crippen molar-refractivity contribution in [2.24, 2.45) is 0 Å². The van der Waals surface area contributed by atoms with Crippen LogP contribution in [0.25, 0.3) is 0 Å². The summed E-state index contributed by atoms with van der Waals surface area (Å²) in [5.41, 5.74) is 0. The number of rotatable bonds is 0. The summed E-state index contributed by atoms with van der Waals surface area (Å²) in [7, 11) is 0. The Bertz CT molecular complexity index is 74.1. The molecule has 3 unspecified atom stereocenters. The van der Waals surface area contributed by atoms with Crippen molar-refractivity contribution in [2.45, 2.75) is 18.5 Å². The molecule has 8 heavy (non-hydrogen) atoms. The Hall–Kier alpha value is -0.160. The van der Waals surface area contributed by atoms with Gasteiger partial charge in [0, 0.05) is 0 Å². The third kappa shape index (κ3) is 0.830. The van der Waals surface area contributed by atoms with Gasteiger partial charge in [-0.3, -0.25) is 0 Å². The maximum atomic E-state index is 8.61. The largest absolute Gasteiger partial charge is 0.387 e. The Balaban J connectivity index is 2.44. The summed E-state index contributed by atoms with van der Waals surface area (Å²) in [4.78, 5) is 0. The lowest BCUT2D eigenvalue weighted by Crippen LogP contribution is -2.28.